The van der Waals surface area contributed by atoms with Crippen LogP contribution >= 0.6 is 11.8 Å². The quantitative estimate of drug-likeness (QED) is 0.696. The van der Waals surface area contributed by atoms with Crippen LogP contribution < -0.4 is 19.7 Å². The smallest absolute Gasteiger partial charge is 0.282 e. The number of nitrogens with one attached hydrogen (secondary N) is 2. The molecule has 0 aliphatic rings. The Morgan fingerprint density at radius 2 is 1.92 bits per heavy atom. The van der Waals surface area contributed by atoms with Crippen LogP contribution in [-0.4, -0.2) is 39.5 Å². The number of quaternary nitrogens is 1. The molecule has 0 aliphatic carbocycles. The number of carbonyl (C=O) groups excluding carboxylic acids is 1. The number of thioether (sulfide) groups is 1. The molecule has 0 fully saturated rings. The highest BCUT2D eigenvalue weighted by molar-refractivity contribution is 7.98. The van der Waals surface area contributed by atoms with Gasteiger partial charge >= 0.3 is 0 Å². The van der Waals surface area contributed by atoms with Crippen molar-refractivity contribution in [2.24, 2.45) is 0 Å². The van der Waals surface area contributed by atoms with E-state index in [-0.39, 0.29) is 11.9 Å². The van der Waals surface area contributed by atoms with Gasteiger partial charge in [0.2, 0.25) is 0 Å². The lowest BCUT2D eigenvalue weighted by Gasteiger charge is -2.22. The number of anilines is 1. The van der Waals surface area contributed by atoms with Crippen LogP contribution in [0.1, 0.15) is 12.5 Å². The summed E-state index contributed by atoms with van der Waals surface area (Å²) in [5.74, 6) is 1.52. The van der Waals surface area contributed by atoms with Crippen LogP contribution in [0.25, 0.3) is 0 Å². The van der Waals surface area contributed by atoms with Crippen molar-refractivity contribution in [2.45, 2.75) is 24.4 Å². The zero-order valence-electron chi connectivity index (χ0n) is 16.0. The number of methoxy groups -OCH3 is 2. The third kappa shape index (κ3) is 4.93. The first-order chi connectivity index (χ1) is 12.5. The largest absolute Gasteiger partial charge is 0.497 e. The Labute approximate surface area is 159 Å². The molecule has 0 spiro atoms. The van der Waals surface area contributed by atoms with E-state index >= 15 is 0 Å². The first kappa shape index (κ1) is 20.1. The van der Waals surface area contributed by atoms with E-state index in [2.05, 4.69) is 5.32 Å². The summed E-state index contributed by atoms with van der Waals surface area (Å²) >= 11 is 1.62. The van der Waals surface area contributed by atoms with E-state index in [0.29, 0.717) is 6.54 Å². The van der Waals surface area contributed by atoms with E-state index in [1.807, 2.05) is 62.7 Å². The first-order valence-corrected chi connectivity index (χ1v) is 9.69. The highest BCUT2D eigenvalue weighted by Gasteiger charge is 2.23. The van der Waals surface area contributed by atoms with Gasteiger partial charge in [0.25, 0.3) is 5.91 Å². The lowest BCUT2D eigenvalue weighted by atomic mass is 10.1. The van der Waals surface area contributed by atoms with Gasteiger partial charge in [0.1, 0.15) is 18.0 Å². The maximum atomic E-state index is 12.7. The van der Waals surface area contributed by atoms with Crippen LogP contribution in [0.5, 0.6) is 11.5 Å². The number of amides is 1. The molecule has 0 aromatic heterocycles. The molecule has 0 saturated carbocycles. The van der Waals surface area contributed by atoms with Crippen LogP contribution in [0.15, 0.2) is 47.4 Å². The second kappa shape index (κ2) is 9.50. The normalized spacial score (nSPS) is 13.0. The van der Waals surface area contributed by atoms with Gasteiger partial charge in [0, 0.05) is 16.5 Å². The van der Waals surface area contributed by atoms with Crippen molar-refractivity contribution in [3.05, 3.63) is 48.0 Å². The summed E-state index contributed by atoms with van der Waals surface area (Å²) in [7, 11) is 5.28. The molecule has 2 aromatic carbocycles. The molecule has 140 valence electrons. The lowest BCUT2D eigenvalue weighted by Crippen LogP contribution is -3.12. The molecule has 2 rings (SSSR count). The molecule has 0 heterocycles. The highest BCUT2D eigenvalue weighted by Crippen LogP contribution is 2.25. The van der Waals surface area contributed by atoms with Crippen LogP contribution in [0.4, 0.5) is 5.69 Å². The van der Waals surface area contributed by atoms with Gasteiger partial charge in [-0.05, 0) is 37.4 Å². The number of likely N-dealkylation sites (N-methyl/N-ethyl adjacent to an activating group) is 1. The van der Waals surface area contributed by atoms with Crippen molar-refractivity contribution in [1.29, 1.82) is 0 Å². The maximum Gasteiger partial charge on any atom is 0.282 e. The van der Waals surface area contributed by atoms with Crippen LogP contribution in [0, 0.1) is 0 Å². The van der Waals surface area contributed by atoms with Gasteiger partial charge in [0.15, 0.2) is 6.04 Å². The molecule has 0 aliphatic heterocycles. The van der Waals surface area contributed by atoms with E-state index in [4.69, 9.17) is 9.47 Å². The fraction of sp³-hybridized carbons (Fsp3) is 0.350. The van der Waals surface area contributed by atoms with Crippen molar-refractivity contribution in [3.63, 3.8) is 0 Å². The topological polar surface area (TPSA) is 52.0 Å². The minimum absolute atomic E-state index is 0.00326. The van der Waals surface area contributed by atoms with Crippen molar-refractivity contribution in [2.75, 3.05) is 32.8 Å². The zero-order chi connectivity index (χ0) is 19.1. The lowest BCUT2D eigenvalue weighted by molar-refractivity contribution is -0.907. The van der Waals surface area contributed by atoms with Crippen LogP contribution in [0.3, 0.4) is 0 Å². The standard InChI is InChI=1S/C20H26N2O3S/c1-14(20(23)21-17-8-6-7-9-19(17)26-5)22(2)13-15-10-11-16(24-3)12-18(15)25-4/h6-12,14H,13H2,1-5H3,(H,21,23)/p+1/t14-/m1/s1. The van der Waals surface area contributed by atoms with Crippen LogP contribution in [-0.2, 0) is 11.3 Å². The number of rotatable bonds is 8. The molecule has 0 saturated heterocycles. The second-order valence-electron chi connectivity index (χ2n) is 6.11. The van der Waals surface area contributed by atoms with E-state index in [1.54, 1.807) is 26.0 Å². The van der Waals surface area contributed by atoms with Gasteiger partial charge < -0.3 is 19.7 Å². The summed E-state index contributed by atoms with van der Waals surface area (Å²) in [6, 6.07) is 13.4. The number of para-hydroxylation sites is 1. The van der Waals surface area contributed by atoms with E-state index in [9.17, 15) is 4.79 Å². The highest BCUT2D eigenvalue weighted by atomic mass is 32.2. The minimum atomic E-state index is -0.211. The number of hydrogen-bond donors (Lipinski definition) is 2. The number of carbonyl (C=O) groups is 1. The summed E-state index contributed by atoms with van der Waals surface area (Å²) in [5.41, 5.74) is 1.89. The molecule has 2 aromatic rings. The van der Waals surface area contributed by atoms with E-state index in [1.165, 1.54) is 0 Å². The van der Waals surface area contributed by atoms with Crippen LogP contribution in [0.2, 0.25) is 0 Å². The fourth-order valence-electron chi connectivity index (χ4n) is 2.66. The fourth-order valence-corrected chi connectivity index (χ4v) is 3.22. The molecule has 2 atom stereocenters. The Kier molecular flexibility index (Phi) is 7.36. The first-order valence-electron chi connectivity index (χ1n) is 8.47. The average Bonchev–Trinajstić information content (AvgIpc) is 2.67. The Morgan fingerprint density at radius 1 is 1.19 bits per heavy atom. The molecule has 1 unspecified atom stereocenters. The van der Waals surface area contributed by atoms with Gasteiger partial charge in [-0.2, -0.15) is 0 Å². The predicted molar refractivity (Wildman–Crippen MR) is 106 cm³/mol. The summed E-state index contributed by atoms with van der Waals surface area (Å²) in [6.45, 7) is 2.61. The average molecular weight is 376 g/mol. The van der Waals surface area contributed by atoms with Crippen molar-refractivity contribution in [3.8, 4) is 11.5 Å². The van der Waals surface area contributed by atoms with Gasteiger partial charge in [-0.1, -0.05) is 12.1 Å². The van der Waals surface area contributed by atoms with Gasteiger partial charge in [-0.15, -0.1) is 11.8 Å². The predicted octanol–water partition coefficient (Wildman–Crippen LogP) is 2.47. The summed E-state index contributed by atoms with van der Waals surface area (Å²) in [4.78, 5) is 14.8. The number of ether oxygens (including phenoxy) is 2. The van der Waals surface area contributed by atoms with E-state index < -0.39 is 0 Å². The monoisotopic (exact) mass is 375 g/mol. The van der Waals surface area contributed by atoms with Gasteiger partial charge in [-0.25, -0.2) is 0 Å². The number of benzene rings is 2. The molecule has 0 bridgehead atoms. The molecular weight excluding hydrogens is 348 g/mol. The second-order valence-corrected chi connectivity index (χ2v) is 6.96. The molecule has 26 heavy (non-hydrogen) atoms. The Hall–Kier alpha value is -2.18. The molecule has 5 nitrogen and oxygen atoms in total. The van der Waals surface area contributed by atoms with Gasteiger partial charge in [0.05, 0.1) is 27.0 Å². The summed E-state index contributed by atoms with van der Waals surface area (Å²) in [5, 5.41) is 3.04. The van der Waals surface area contributed by atoms with Crippen molar-refractivity contribution in [1.82, 2.24) is 0 Å². The van der Waals surface area contributed by atoms with Gasteiger partial charge in [-0.3, -0.25) is 4.79 Å². The van der Waals surface area contributed by atoms with Crippen molar-refractivity contribution >= 4 is 23.4 Å². The Morgan fingerprint density at radius 3 is 2.58 bits per heavy atom. The molecular formula is C20H27N2O3S+. The SMILES string of the molecule is COc1ccc(C[NH+](C)[C@H](C)C(=O)Nc2ccccc2SC)c(OC)c1. The maximum absolute atomic E-state index is 12.7. The Balaban J connectivity index is 2.07. The molecule has 1 amide bonds. The molecule has 6 heteroatoms. The third-order valence-electron chi connectivity index (χ3n) is 4.46. The molecule has 2 N–H and O–H groups in total. The minimum Gasteiger partial charge on any atom is -0.497 e. The molecule has 0 radical (unpaired) electrons. The zero-order valence-corrected chi connectivity index (χ0v) is 16.8. The summed E-state index contributed by atoms with van der Waals surface area (Å²) in [6.07, 6.45) is 2.00. The van der Waals surface area contributed by atoms with Crippen molar-refractivity contribution < 1.29 is 19.2 Å². The number of hydrogen-bond acceptors (Lipinski definition) is 4. The Bertz CT molecular complexity index is 752. The van der Waals surface area contributed by atoms with E-state index in [0.717, 1.165) is 32.5 Å². The third-order valence-corrected chi connectivity index (χ3v) is 5.26. The summed E-state index contributed by atoms with van der Waals surface area (Å²) < 4.78 is 10.7.